The molecule has 0 spiro atoms. The zero-order valence-electron chi connectivity index (χ0n) is 6.03. The first-order valence-electron chi connectivity index (χ1n) is 3.08. The molecule has 0 aliphatic heterocycles. The first kappa shape index (κ1) is 8.47. The summed E-state index contributed by atoms with van der Waals surface area (Å²) in [6.45, 7) is 7.93. The topological polar surface area (TPSA) is 0 Å². The Hall–Kier alpha value is 0.473. The van der Waals surface area contributed by atoms with Crippen LogP contribution >= 0.6 is 0 Å². The van der Waals surface area contributed by atoms with Gasteiger partial charge in [-0.15, -0.1) is 0 Å². The van der Waals surface area contributed by atoms with Crippen LogP contribution in [-0.2, 0) is 0 Å². The van der Waals surface area contributed by atoms with E-state index in [2.05, 4.69) is 0 Å². The molecule has 8 heavy (non-hydrogen) atoms. The van der Waals surface area contributed by atoms with Crippen molar-refractivity contribution in [3.63, 3.8) is 0 Å². The van der Waals surface area contributed by atoms with Crippen LogP contribution in [0.4, 0.5) is 3.50 Å². The Morgan fingerprint density at radius 2 is 1.25 bits per heavy atom. The first-order chi connectivity index (χ1) is 3.55. The molecule has 0 heterocycles. The Bertz CT molecular complexity index is 53.5. The van der Waals surface area contributed by atoms with E-state index in [-0.39, 0.29) is 0 Å². The molecule has 0 aromatic heterocycles. The second-order valence-electron chi connectivity index (χ2n) is 2.69. The summed E-state index contributed by atoms with van der Waals surface area (Å²) in [7, 11) is 0. The normalized spacial score (nSPS) is 12.0. The van der Waals surface area contributed by atoms with E-state index < -0.39 is 14.8 Å². The van der Waals surface area contributed by atoms with Gasteiger partial charge in [-0.05, 0) is 0 Å². The average molecular weight is 178 g/mol. The Kier molecular flexibility index (Phi) is 3.70. The van der Waals surface area contributed by atoms with Crippen molar-refractivity contribution in [2.45, 2.75) is 37.2 Å². The van der Waals surface area contributed by atoms with Gasteiger partial charge in [0.1, 0.15) is 0 Å². The standard InChI is InChI=1S/C6H14FGe/c1-5(2)8(7)6(3)4/h5-6H,1-4H3. The predicted octanol–water partition coefficient (Wildman–Crippen LogP) is 2.77. The van der Waals surface area contributed by atoms with Crippen molar-refractivity contribution in [1.82, 2.24) is 0 Å². The molecule has 0 N–H and O–H groups in total. The van der Waals surface area contributed by atoms with Crippen LogP contribution in [0.15, 0.2) is 0 Å². The summed E-state index contributed by atoms with van der Waals surface area (Å²) in [5.41, 5.74) is 0. The molecule has 0 aromatic carbocycles. The number of hydrogen-bond acceptors (Lipinski definition) is 0. The Balaban J connectivity index is 3.46. The third-order valence-electron chi connectivity index (χ3n) is 1.10. The summed E-state index contributed by atoms with van der Waals surface area (Å²) in [6.07, 6.45) is 0. The van der Waals surface area contributed by atoms with Gasteiger partial charge in [0.05, 0.1) is 0 Å². The van der Waals surface area contributed by atoms with Gasteiger partial charge in [-0.25, -0.2) is 0 Å². The van der Waals surface area contributed by atoms with Crippen molar-refractivity contribution in [3.8, 4) is 0 Å². The molecule has 0 aromatic rings. The van der Waals surface area contributed by atoms with Crippen molar-refractivity contribution in [2.75, 3.05) is 0 Å². The summed E-state index contributed by atoms with van der Waals surface area (Å²) >= 11 is -2.09. The van der Waals surface area contributed by atoms with Crippen molar-refractivity contribution in [2.24, 2.45) is 0 Å². The molecule has 49 valence electrons. The molecule has 0 fully saturated rings. The van der Waals surface area contributed by atoms with Crippen molar-refractivity contribution in [3.05, 3.63) is 0 Å². The van der Waals surface area contributed by atoms with E-state index in [1.165, 1.54) is 0 Å². The molecular formula is C6H14FGe. The third-order valence-corrected chi connectivity index (χ3v) is 5.73. The third kappa shape index (κ3) is 2.70. The fourth-order valence-corrected chi connectivity index (χ4v) is 3.46. The maximum atomic E-state index is 12.8. The average Bonchev–Trinajstić information content (AvgIpc) is 1.64. The molecule has 0 aliphatic rings. The van der Waals surface area contributed by atoms with E-state index in [1.54, 1.807) is 0 Å². The van der Waals surface area contributed by atoms with Gasteiger partial charge in [0.15, 0.2) is 0 Å². The molecule has 0 saturated heterocycles. The van der Waals surface area contributed by atoms with Crippen LogP contribution in [0.3, 0.4) is 0 Å². The first-order valence-corrected chi connectivity index (χ1v) is 6.29. The van der Waals surface area contributed by atoms with E-state index in [0.29, 0.717) is 9.50 Å². The van der Waals surface area contributed by atoms with Gasteiger partial charge in [-0.3, -0.25) is 0 Å². The van der Waals surface area contributed by atoms with Crippen molar-refractivity contribution >= 4 is 14.8 Å². The van der Waals surface area contributed by atoms with Gasteiger partial charge in [-0.2, -0.15) is 0 Å². The van der Waals surface area contributed by atoms with Gasteiger partial charge in [0.2, 0.25) is 0 Å². The summed E-state index contributed by atoms with van der Waals surface area (Å²) in [5.74, 6) is 0. The van der Waals surface area contributed by atoms with Gasteiger partial charge in [0.25, 0.3) is 0 Å². The maximum absolute atomic E-state index is 12.8. The van der Waals surface area contributed by atoms with Gasteiger partial charge < -0.3 is 0 Å². The van der Waals surface area contributed by atoms with E-state index >= 15 is 0 Å². The summed E-state index contributed by atoms with van der Waals surface area (Å²) in [5, 5.41) is 0. The van der Waals surface area contributed by atoms with Crippen LogP contribution in [0.25, 0.3) is 0 Å². The van der Waals surface area contributed by atoms with E-state index in [4.69, 9.17) is 0 Å². The molecule has 0 atom stereocenters. The second kappa shape index (κ2) is 3.49. The van der Waals surface area contributed by atoms with Crippen LogP contribution in [0.2, 0.25) is 9.50 Å². The van der Waals surface area contributed by atoms with Gasteiger partial charge >= 0.3 is 55.5 Å². The molecule has 1 radical (unpaired) electrons. The molecule has 0 amide bonds. The minimum absolute atomic E-state index is 0.343. The quantitative estimate of drug-likeness (QED) is 0.570. The van der Waals surface area contributed by atoms with Crippen LogP contribution in [0.1, 0.15) is 27.7 Å². The number of halogens is 1. The van der Waals surface area contributed by atoms with E-state index in [0.717, 1.165) is 0 Å². The Morgan fingerprint density at radius 3 is 1.25 bits per heavy atom. The predicted molar refractivity (Wildman–Crippen MR) is 37.1 cm³/mol. The van der Waals surface area contributed by atoms with Crippen LogP contribution < -0.4 is 0 Å². The van der Waals surface area contributed by atoms with E-state index in [1.807, 2.05) is 27.7 Å². The monoisotopic (exact) mass is 179 g/mol. The van der Waals surface area contributed by atoms with Crippen LogP contribution in [-0.4, -0.2) is 14.8 Å². The molecule has 0 unspecified atom stereocenters. The summed E-state index contributed by atoms with van der Waals surface area (Å²) < 4.78 is 13.5. The summed E-state index contributed by atoms with van der Waals surface area (Å²) in [4.78, 5) is 0. The second-order valence-corrected chi connectivity index (χ2v) is 9.15. The number of hydrogen-bond donors (Lipinski definition) is 0. The fourth-order valence-electron chi connectivity index (χ4n) is 0.667. The van der Waals surface area contributed by atoms with Crippen molar-refractivity contribution in [1.29, 1.82) is 0 Å². The SMILES string of the molecule is C[CH](C)[Ge]([F])[CH](C)C. The van der Waals surface area contributed by atoms with Gasteiger partial charge in [0, 0.05) is 0 Å². The number of rotatable bonds is 2. The zero-order valence-corrected chi connectivity index (χ0v) is 8.13. The van der Waals surface area contributed by atoms with Crippen LogP contribution in [0, 0.1) is 0 Å². The molecule has 0 aliphatic carbocycles. The molecular weight excluding hydrogens is 164 g/mol. The Labute approximate surface area is 56.1 Å². The minimum atomic E-state index is -2.09. The molecule has 2 heteroatoms. The zero-order chi connectivity index (χ0) is 6.73. The van der Waals surface area contributed by atoms with E-state index in [9.17, 15) is 3.50 Å². The molecule has 0 nitrogen and oxygen atoms in total. The fraction of sp³-hybridized carbons (Fsp3) is 1.00. The Morgan fingerprint density at radius 1 is 1.00 bits per heavy atom. The van der Waals surface area contributed by atoms with Crippen molar-refractivity contribution < 1.29 is 3.50 Å². The van der Waals surface area contributed by atoms with Crippen LogP contribution in [0.5, 0.6) is 0 Å². The molecule has 0 saturated carbocycles. The van der Waals surface area contributed by atoms with Gasteiger partial charge in [-0.1, -0.05) is 0 Å². The molecule has 0 rings (SSSR count). The molecule has 0 bridgehead atoms. The summed E-state index contributed by atoms with van der Waals surface area (Å²) in [6, 6.07) is 0.